The molecule has 0 bridgehead atoms. The third-order valence-corrected chi connectivity index (χ3v) is 3.86. The van der Waals surface area contributed by atoms with Crippen molar-refractivity contribution in [3.63, 3.8) is 0 Å². The Kier molecular flexibility index (Phi) is 3.30. The summed E-state index contributed by atoms with van der Waals surface area (Å²) in [6, 6.07) is 0.189. The van der Waals surface area contributed by atoms with Crippen LogP contribution in [0.2, 0.25) is 0 Å². The van der Waals surface area contributed by atoms with E-state index in [9.17, 15) is 15.2 Å². The molecule has 0 atom stereocenters. The Morgan fingerprint density at radius 1 is 1.65 bits per heavy atom. The third-order valence-electron chi connectivity index (χ3n) is 2.89. The lowest BCUT2D eigenvalue weighted by Crippen LogP contribution is -2.39. The summed E-state index contributed by atoms with van der Waals surface area (Å²) in [6.45, 7) is 1.67. The van der Waals surface area contributed by atoms with E-state index in [2.05, 4.69) is 26.2 Å². The van der Waals surface area contributed by atoms with Gasteiger partial charge in [-0.25, -0.2) is 4.98 Å². The van der Waals surface area contributed by atoms with Crippen molar-refractivity contribution in [1.29, 1.82) is 0 Å². The third kappa shape index (κ3) is 2.39. The highest BCUT2D eigenvalue weighted by Crippen LogP contribution is 2.33. The topological polar surface area (TPSA) is 88.3 Å². The van der Waals surface area contributed by atoms with Crippen molar-refractivity contribution in [2.75, 3.05) is 5.32 Å². The van der Waals surface area contributed by atoms with E-state index in [1.807, 2.05) is 0 Å². The van der Waals surface area contributed by atoms with Crippen LogP contribution in [0.4, 0.5) is 11.5 Å². The van der Waals surface area contributed by atoms with Gasteiger partial charge in [0.15, 0.2) is 0 Å². The molecule has 0 radical (unpaired) electrons. The summed E-state index contributed by atoms with van der Waals surface area (Å²) in [5.74, 6) is 0.588. The highest BCUT2D eigenvalue weighted by molar-refractivity contribution is 9.10. The molecule has 92 valence electrons. The van der Waals surface area contributed by atoms with Crippen LogP contribution in [-0.4, -0.2) is 27.2 Å². The lowest BCUT2D eigenvalue weighted by molar-refractivity contribution is -0.385. The highest BCUT2D eigenvalue weighted by Gasteiger charge is 2.28. The lowest BCUT2D eigenvalue weighted by Gasteiger charge is -2.32. The number of nitrogens with zero attached hydrogens (tertiary/aromatic N) is 2. The van der Waals surface area contributed by atoms with E-state index in [4.69, 9.17) is 0 Å². The van der Waals surface area contributed by atoms with Crippen molar-refractivity contribution in [2.45, 2.75) is 31.9 Å². The van der Waals surface area contributed by atoms with Crippen molar-refractivity contribution in [3.05, 3.63) is 26.3 Å². The van der Waals surface area contributed by atoms with Crippen molar-refractivity contribution < 1.29 is 10.0 Å². The van der Waals surface area contributed by atoms with Crippen LogP contribution < -0.4 is 5.32 Å². The van der Waals surface area contributed by atoms with Crippen LogP contribution >= 0.6 is 15.9 Å². The van der Waals surface area contributed by atoms with Crippen LogP contribution in [0.1, 0.15) is 18.4 Å². The smallest absolute Gasteiger partial charge is 0.291 e. The van der Waals surface area contributed by atoms with Gasteiger partial charge in [-0.1, -0.05) is 0 Å². The summed E-state index contributed by atoms with van der Waals surface area (Å²) >= 11 is 3.30. The van der Waals surface area contributed by atoms with Gasteiger partial charge in [-0.3, -0.25) is 10.1 Å². The second-order valence-electron chi connectivity index (χ2n) is 4.15. The van der Waals surface area contributed by atoms with E-state index in [1.165, 1.54) is 6.20 Å². The molecule has 1 saturated carbocycles. The molecule has 1 fully saturated rings. The lowest BCUT2D eigenvalue weighted by atomic mass is 9.89. The number of pyridine rings is 1. The zero-order valence-electron chi connectivity index (χ0n) is 9.18. The molecule has 0 aromatic carbocycles. The summed E-state index contributed by atoms with van der Waals surface area (Å²) in [4.78, 5) is 14.3. The second-order valence-corrected chi connectivity index (χ2v) is 4.95. The molecule has 17 heavy (non-hydrogen) atoms. The molecule has 6 nitrogen and oxygen atoms in total. The minimum Gasteiger partial charge on any atom is -0.393 e. The first-order valence-electron chi connectivity index (χ1n) is 5.23. The van der Waals surface area contributed by atoms with Gasteiger partial charge in [-0.2, -0.15) is 0 Å². The molecule has 2 N–H and O–H groups in total. The number of aliphatic hydroxyl groups excluding tert-OH is 1. The van der Waals surface area contributed by atoms with Crippen LogP contribution in [0.3, 0.4) is 0 Å². The van der Waals surface area contributed by atoms with Gasteiger partial charge in [-0.05, 0) is 35.7 Å². The van der Waals surface area contributed by atoms with Gasteiger partial charge in [0, 0.05) is 11.6 Å². The number of hydrogen-bond acceptors (Lipinski definition) is 5. The van der Waals surface area contributed by atoms with Gasteiger partial charge in [0.2, 0.25) is 0 Å². The van der Waals surface area contributed by atoms with Crippen molar-refractivity contribution >= 4 is 27.4 Å². The van der Waals surface area contributed by atoms with Gasteiger partial charge in [0.25, 0.3) is 5.69 Å². The fourth-order valence-electron chi connectivity index (χ4n) is 1.75. The van der Waals surface area contributed by atoms with Gasteiger partial charge in [0.05, 0.1) is 15.5 Å². The maximum Gasteiger partial charge on any atom is 0.291 e. The number of halogens is 1. The zero-order valence-corrected chi connectivity index (χ0v) is 10.8. The van der Waals surface area contributed by atoms with E-state index in [0.29, 0.717) is 28.7 Å². The van der Waals surface area contributed by atoms with Crippen LogP contribution in [-0.2, 0) is 0 Å². The average molecular weight is 302 g/mol. The number of aliphatic hydroxyl groups is 1. The normalized spacial score (nSPS) is 23.0. The largest absolute Gasteiger partial charge is 0.393 e. The Balaban J connectivity index is 2.19. The Morgan fingerprint density at radius 3 is 2.82 bits per heavy atom. The molecule has 1 aliphatic rings. The standard InChI is InChI=1S/C10H12BrN3O3/c1-5-8(14(16)17)4-12-10(9(5)11)13-6-2-7(15)3-6/h4,6-7,15H,2-3H2,1H3,(H,12,13). The van der Waals surface area contributed by atoms with Gasteiger partial charge >= 0.3 is 0 Å². The van der Waals surface area contributed by atoms with Crippen molar-refractivity contribution in [1.82, 2.24) is 4.98 Å². The predicted octanol–water partition coefficient (Wildman–Crippen LogP) is 2.00. The minimum absolute atomic E-state index is 0.00364. The van der Waals surface area contributed by atoms with E-state index in [1.54, 1.807) is 6.92 Å². The number of hydrogen-bond donors (Lipinski definition) is 2. The minimum atomic E-state index is -0.454. The fraction of sp³-hybridized carbons (Fsp3) is 0.500. The molecular formula is C10H12BrN3O3. The second kappa shape index (κ2) is 4.58. The molecular weight excluding hydrogens is 290 g/mol. The predicted molar refractivity (Wildman–Crippen MR) is 66.0 cm³/mol. The number of rotatable bonds is 3. The molecule has 1 heterocycles. The van der Waals surface area contributed by atoms with E-state index in [-0.39, 0.29) is 17.8 Å². The Morgan fingerprint density at radius 2 is 2.29 bits per heavy atom. The fourth-order valence-corrected chi connectivity index (χ4v) is 2.17. The first-order valence-corrected chi connectivity index (χ1v) is 6.02. The van der Waals surface area contributed by atoms with Crippen molar-refractivity contribution in [2.24, 2.45) is 0 Å². The highest BCUT2D eigenvalue weighted by atomic mass is 79.9. The Hall–Kier alpha value is -1.21. The van der Waals surface area contributed by atoms with Crippen LogP contribution in [0.15, 0.2) is 10.7 Å². The Labute approximate surface area is 106 Å². The molecule has 1 aromatic rings. The van der Waals surface area contributed by atoms with Gasteiger partial charge < -0.3 is 10.4 Å². The van der Waals surface area contributed by atoms with E-state index >= 15 is 0 Å². The average Bonchev–Trinajstić information content (AvgIpc) is 2.22. The number of nitrogens with one attached hydrogen (secondary N) is 1. The number of anilines is 1. The van der Waals surface area contributed by atoms with Crippen LogP contribution in [0.5, 0.6) is 0 Å². The summed E-state index contributed by atoms with van der Waals surface area (Å²) in [6.07, 6.45) is 2.37. The SMILES string of the molecule is Cc1c([N+](=O)[O-])cnc(NC2CC(O)C2)c1Br. The monoisotopic (exact) mass is 301 g/mol. The maximum absolute atomic E-state index is 10.7. The molecule has 7 heteroatoms. The van der Waals surface area contributed by atoms with Crippen LogP contribution in [0.25, 0.3) is 0 Å². The quantitative estimate of drug-likeness (QED) is 0.658. The first-order chi connectivity index (χ1) is 7.99. The van der Waals surface area contributed by atoms with Crippen molar-refractivity contribution in [3.8, 4) is 0 Å². The van der Waals surface area contributed by atoms with Gasteiger partial charge in [-0.15, -0.1) is 0 Å². The molecule has 1 aromatic heterocycles. The molecule has 0 saturated heterocycles. The summed E-state index contributed by atoms with van der Waals surface area (Å²) in [5, 5.41) is 23.0. The van der Waals surface area contributed by atoms with E-state index in [0.717, 1.165) is 0 Å². The molecule has 1 aliphatic carbocycles. The number of aromatic nitrogens is 1. The van der Waals surface area contributed by atoms with Crippen LogP contribution in [0, 0.1) is 17.0 Å². The van der Waals surface area contributed by atoms with E-state index < -0.39 is 4.92 Å². The maximum atomic E-state index is 10.7. The molecule has 0 unspecified atom stereocenters. The molecule has 2 rings (SSSR count). The summed E-state index contributed by atoms with van der Waals surface area (Å²) < 4.78 is 0.605. The molecule has 0 amide bonds. The number of nitro groups is 1. The molecule has 0 spiro atoms. The zero-order chi connectivity index (χ0) is 12.6. The first kappa shape index (κ1) is 12.3. The summed E-state index contributed by atoms with van der Waals surface area (Å²) in [5.41, 5.74) is 0.545. The summed E-state index contributed by atoms with van der Waals surface area (Å²) in [7, 11) is 0. The Bertz CT molecular complexity index is 460. The van der Waals surface area contributed by atoms with Gasteiger partial charge in [0.1, 0.15) is 12.0 Å². The molecule has 0 aliphatic heterocycles.